The van der Waals surface area contributed by atoms with Crippen molar-refractivity contribution in [2.75, 3.05) is 32.2 Å². The van der Waals surface area contributed by atoms with Crippen LogP contribution in [0.4, 0.5) is 5.95 Å². The van der Waals surface area contributed by atoms with Gasteiger partial charge in [0, 0.05) is 38.0 Å². The van der Waals surface area contributed by atoms with Crippen LogP contribution >= 0.6 is 0 Å². The molecule has 0 bridgehead atoms. The molecule has 11 nitrogen and oxygen atoms in total. The number of rotatable bonds is 7. The van der Waals surface area contributed by atoms with Crippen LogP contribution < -0.4 is 25.6 Å². The average Bonchev–Trinajstić information content (AvgIpc) is 3.23. The van der Waals surface area contributed by atoms with E-state index in [0.717, 1.165) is 31.5 Å². The third-order valence-electron chi connectivity index (χ3n) is 5.68. The fraction of sp³-hybridized carbons (Fsp3) is 0.409. The highest BCUT2D eigenvalue weighted by Crippen LogP contribution is 2.24. The summed E-state index contributed by atoms with van der Waals surface area (Å²) in [6.45, 7) is 1.98. The molecule has 1 aromatic carbocycles. The van der Waals surface area contributed by atoms with Gasteiger partial charge in [0.15, 0.2) is 11.2 Å². The van der Waals surface area contributed by atoms with Gasteiger partial charge in [-0.05, 0) is 31.4 Å². The number of aryl methyl sites for hydroxylation is 1. The molecule has 2 aromatic heterocycles. The minimum absolute atomic E-state index is 0.278. The van der Waals surface area contributed by atoms with Crippen LogP contribution in [0.5, 0.6) is 11.5 Å². The molecule has 0 unspecified atom stereocenters. The summed E-state index contributed by atoms with van der Waals surface area (Å²) in [5, 5.41) is 8.25. The van der Waals surface area contributed by atoms with Crippen molar-refractivity contribution >= 4 is 29.5 Å². The topological polar surface area (TPSA) is 119 Å². The second-order valence-corrected chi connectivity index (χ2v) is 7.71. The van der Waals surface area contributed by atoms with Crippen molar-refractivity contribution in [2.24, 2.45) is 17.3 Å². The predicted octanol–water partition coefficient (Wildman–Crippen LogP) is 1.54. The number of aromatic amines is 1. The van der Waals surface area contributed by atoms with Gasteiger partial charge in [0.25, 0.3) is 5.56 Å². The number of imidazole rings is 1. The van der Waals surface area contributed by atoms with Crippen LogP contribution in [0.15, 0.2) is 38.0 Å². The summed E-state index contributed by atoms with van der Waals surface area (Å²) in [6, 6.07) is 5.41. The first-order valence-electron chi connectivity index (χ1n) is 10.7. The van der Waals surface area contributed by atoms with Crippen LogP contribution in [0.25, 0.3) is 11.2 Å². The van der Waals surface area contributed by atoms with Gasteiger partial charge in [-0.2, -0.15) is 15.2 Å². The third kappa shape index (κ3) is 4.52. The van der Waals surface area contributed by atoms with Crippen molar-refractivity contribution in [1.29, 1.82) is 0 Å². The first-order chi connectivity index (χ1) is 16.0. The molecule has 1 fully saturated rings. The molecule has 0 spiro atoms. The molecule has 0 radical (unpaired) electrons. The Hall–Kier alpha value is -3.89. The van der Waals surface area contributed by atoms with Gasteiger partial charge in [0.1, 0.15) is 11.5 Å². The van der Waals surface area contributed by atoms with E-state index in [4.69, 9.17) is 9.47 Å². The number of aromatic nitrogens is 4. The predicted molar refractivity (Wildman–Crippen MR) is 127 cm³/mol. The smallest absolute Gasteiger partial charge is 0.329 e. The van der Waals surface area contributed by atoms with Crippen molar-refractivity contribution in [2.45, 2.75) is 25.8 Å². The summed E-state index contributed by atoms with van der Waals surface area (Å²) in [6.07, 6.45) is 6.47. The Morgan fingerprint density at radius 1 is 1.12 bits per heavy atom. The molecule has 1 saturated heterocycles. The molecule has 0 saturated carbocycles. The molecule has 0 aliphatic carbocycles. The highest BCUT2D eigenvalue weighted by atomic mass is 16.5. The van der Waals surface area contributed by atoms with Crippen molar-refractivity contribution in [1.82, 2.24) is 19.1 Å². The summed E-state index contributed by atoms with van der Waals surface area (Å²) in [7, 11) is 4.76. The molecule has 3 aromatic rings. The number of methoxy groups -OCH3 is 2. The van der Waals surface area contributed by atoms with Gasteiger partial charge in [-0.25, -0.2) is 4.79 Å². The molecule has 0 atom stereocenters. The van der Waals surface area contributed by atoms with Crippen LogP contribution in [-0.4, -0.2) is 58.8 Å². The molecule has 1 aliphatic rings. The Morgan fingerprint density at radius 3 is 2.64 bits per heavy atom. The summed E-state index contributed by atoms with van der Waals surface area (Å²) >= 11 is 0. The van der Waals surface area contributed by atoms with E-state index in [9.17, 15) is 9.59 Å². The van der Waals surface area contributed by atoms with Gasteiger partial charge < -0.3 is 14.4 Å². The van der Waals surface area contributed by atoms with Crippen molar-refractivity contribution in [3.8, 4) is 11.5 Å². The first kappa shape index (κ1) is 22.3. The van der Waals surface area contributed by atoms with Crippen LogP contribution in [0, 0.1) is 0 Å². The van der Waals surface area contributed by atoms with E-state index >= 15 is 0 Å². The molecular formula is C22H27N7O4. The van der Waals surface area contributed by atoms with Gasteiger partial charge in [0.2, 0.25) is 5.95 Å². The average molecular weight is 454 g/mol. The lowest BCUT2D eigenvalue weighted by Gasteiger charge is -2.27. The Kier molecular flexibility index (Phi) is 6.57. The van der Waals surface area contributed by atoms with E-state index in [1.54, 1.807) is 44.3 Å². The zero-order valence-corrected chi connectivity index (χ0v) is 18.9. The van der Waals surface area contributed by atoms with Gasteiger partial charge in [-0.15, -0.1) is 0 Å². The van der Waals surface area contributed by atoms with Gasteiger partial charge in [-0.1, -0.05) is 0 Å². The minimum atomic E-state index is -0.492. The monoisotopic (exact) mass is 453 g/mol. The van der Waals surface area contributed by atoms with Crippen LogP contribution in [0.2, 0.25) is 0 Å². The number of benzene rings is 1. The maximum absolute atomic E-state index is 12.6. The normalized spacial score (nSPS) is 14.6. The molecular weight excluding hydrogens is 426 g/mol. The number of piperidine rings is 1. The maximum atomic E-state index is 12.6. The molecule has 11 heteroatoms. The number of hydrogen-bond acceptors (Lipinski definition) is 8. The zero-order chi connectivity index (χ0) is 23.4. The van der Waals surface area contributed by atoms with Crippen molar-refractivity contribution in [3.05, 3.63) is 44.6 Å². The number of nitrogens with zero attached hydrogens (tertiary/aromatic N) is 6. The van der Waals surface area contributed by atoms with E-state index in [2.05, 4.69) is 25.1 Å². The Bertz CT molecular complexity index is 1310. The lowest BCUT2D eigenvalue weighted by atomic mass is 10.1. The highest BCUT2D eigenvalue weighted by Gasteiger charge is 2.22. The molecule has 174 valence electrons. The number of anilines is 1. The molecule has 0 amide bonds. The zero-order valence-electron chi connectivity index (χ0n) is 18.9. The second kappa shape index (κ2) is 9.72. The first-order valence-corrected chi connectivity index (χ1v) is 10.7. The lowest BCUT2D eigenvalue weighted by Crippen LogP contribution is -2.32. The SMILES string of the molecule is COc1ccc(/C=N\N=C/Cn2c(N3CCCCC3)nc3c2c(=O)[nH]c(=O)n3C)c(OC)c1. The van der Waals surface area contributed by atoms with Crippen molar-refractivity contribution < 1.29 is 9.47 Å². The molecule has 33 heavy (non-hydrogen) atoms. The summed E-state index contributed by atoms with van der Waals surface area (Å²) in [5.74, 6) is 1.96. The van der Waals surface area contributed by atoms with Gasteiger partial charge >= 0.3 is 5.69 Å². The highest BCUT2D eigenvalue weighted by molar-refractivity contribution is 5.84. The molecule has 4 rings (SSSR count). The minimum Gasteiger partial charge on any atom is -0.497 e. The quantitative estimate of drug-likeness (QED) is 0.428. The summed E-state index contributed by atoms with van der Waals surface area (Å²) in [5.41, 5.74) is 0.482. The van der Waals surface area contributed by atoms with Gasteiger partial charge in [-0.3, -0.25) is 18.9 Å². The van der Waals surface area contributed by atoms with E-state index in [1.165, 1.54) is 11.0 Å². The molecule has 1 N–H and O–H groups in total. The van der Waals surface area contributed by atoms with E-state index in [1.807, 2.05) is 12.1 Å². The van der Waals surface area contributed by atoms with E-state index in [0.29, 0.717) is 28.6 Å². The maximum Gasteiger partial charge on any atom is 0.329 e. The number of fused-ring (bicyclic) bond motifs is 1. The summed E-state index contributed by atoms with van der Waals surface area (Å²) in [4.78, 5) is 33.8. The van der Waals surface area contributed by atoms with Crippen molar-refractivity contribution in [3.63, 3.8) is 0 Å². The fourth-order valence-electron chi connectivity index (χ4n) is 3.92. The van der Waals surface area contributed by atoms with Gasteiger partial charge in [0.05, 0.1) is 27.0 Å². The Labute approximate surface area is 190 Å². The molecule has 3 heterocycles. The van der Waals surface area contributed by atoms with Crippen LogP contribution in [0.3, 0.4) is 0 Å². The number of ether oxygens (including phenoxy) is 2. The standard InChI is InChI=1S/C22H27N7O4/c1-27-19-18(20(30)26-22(27)31)29(21(25-19)28-10-5-4-6-11-28)12-9-23-24-14-15-7-8-16(32-2)13-17(15)33-3/h7-9,13-14H,4-6,10-12H2,1-3H3,(H,26,30,31)/b23-9-,24-14-. The van der Waals surface area contributed by atoms with E-state index < -0.39 is 11.2 Å². The largest absolute Gasteiger partial charge is 0.497 e. The van der Waals surface area contributed by atoms with Crippen LogP contribution in [-0.2, 0) is 13.6 Å². The molecule has 1 aliphatic heterocycles. The fourth-order valence-corrected chi connectivity index (χ4v) is 3.92. The second-order valence-electron chi connectivity index (χ2n) is 7.71. The number of H-pyrrole nitrogens is 1. The summed E-state index contributed by atoms with van der Waals surface area (Å²) < 4.78 is 13.7. The Morgan fingerprint density at radius 2 is 1.91 bits per heavy atom. The number of nitrogens with one attached hydrogen (secondary N) is 1. The third-order valence-corrected chi connectivity index (χ3v) is 5.68. The van der Waals surface area contributed by atoms with E-state index in [-0.39, 0.29) is 6.54 Å². The Balaban J connectivity index is 1.63. The lowest BCUT2D eigenvalue weighted by molar-refractivity contribution is 0.394. The van der Waals surface area contributed by atoms with Crippen LogP contribution in [0.1, 0.15) is 24.8 Å². The number of hydrogen-bond donors (Lipinski definition) is 1.